The van der Waals surface area contributed by atoms with E-state index in [0.29, 0.717) is 11.6 Å². The predicted molar refractivity (Wildman–Crippen MR) is 97.0 cm³/mol. The largest absolute Gasteiger partial charge is 0.484 e. The van der Waals surface area contributed by atoms with Crippen molar-refractivity contribution in [2.24, 2.45) is 0 Å². The van der Waals surface area contributed by atoms with Gasteiger partial charge >= 0.3 is 0 Å². The van der Waals surface area contributed by atoms with Crippen LogP contribution in [0, 0.1) is 6.92 Å². The van der Waals surface area contributed by atoms with Crippen molar-refractivity contribution in [1.29, 1.82) is 0 Å². The molecule has 132 valence electrons. The molecule has 0 aliphatic carbocycles. The molecule has 1 N–H and O–H groups in total. The normalized spacial score (nSPS) is 11.2. The average molecular weight is 359 g/mol. The van der Waals surface area contributed by atoms with E-state index in [-0.39, 0.29) is 24.2 Å². The second-order valence-electron chi connectivity index (χ2n) is 5.76. The number of carbonyl (C=O) groups excluding carboxylic acids is 1. The monoisotopic (exact) mass is 359 g/mol. The number of oxazole rings is 1. The summed E-state index contributed by atoms with van der Waals surface area (Å²) in [6.45, 7) is 6.22. The highest BCUT2D eigenvalue weighted by molar-refractivity contribution is 7.18. The molecule has 25 heavy (non-hydrogen) atoms. The molecule has 0 atom stereocenters. The van der Waals surface area contributed by atoms with Gasteiger partial charge < -0.3 is 14.5 Å². The highest BCUT2D eigenvalue weighted by Gasteiger charge is 2.15. The SMILES string of the molecule is CCC(CC)NC(=O)c1coc(COc2ccc3sc(C)nc3c2)n1. The maximum Gasteiger partial charge on any atom is 0.273 e. The number of nitrogens with one attached hydrogen (secondary N) is 1. The molecule has 2 aromatic heterocycles. The first kappa shape index (κ1) is 17.4. The van der Waals surface area contributed by atoms with Gasteiger partial charge in [0.15, 0.2) is 12.3 Å². The zero-order chi connectivity index (χ0) is 17.8. The molecule has 3 rings (SSSR count). The zero-order valence-electron chi connectivity index (χ0n) is 14.5. The van der Waals surface area contributed by atoms with Crippen molar-refractivity contribution in [3.05, 3.63) is 41.1 Å². The van der Waals surface area contributed by atoms with Gasteiger partial charge in [0.2, 0.25) is 5.89 Å². The molecule has 0 saturated heterocycles. The molecule has 6 nitrogen and oxygen atoms in total. The molecule has 1 aromatic carbocycles. The van der Waals surface area contributed by atoms with E-state index in [1.807, 2.05) is 39.0 Å². The Hall–Kier alpha value is -2.41. The van der Waals surface area contributed by atoms with Crippen LogP contribution in [0.2, 0.25) is 0 Å². The molecule has 0 unspecified atom stereocenters. The molecular formula is C18H21N3O3S. The third-order valence-corrected chi connectivity index (χ3v) is 4.89. The number of ether oxygens (including phenoxy) is 1. The first-order valence-corrected chi connectivity index (χ1v) is 9.16. The number of thiazole rings is 1. The van der Waals surface area contributed by atoms with E-state index < -0.39 is 0 Å². The number of carbonyl (C=O) groups is 1. The van der Waals surface area contributed by atoms with Crippen molar-refractivity contribution >= 4 is 27.5 Å². The molecular weight excluding hydrogens is 338 g/mol. The summed E-state index contributed by atoms with van der Waals surface area (Å²) >= 11 is 1.65. The number of hydrogen-bond donors (Lipinski definition) is 1. The summed E-state index contributed by atoms with van der Waals surface area (Å²) in [7, 11) is 0. The van der Waals surface area contributed by atoms with E-state index in [0.717, 1.165) is 28.1 Å². The maximum absolute atomic E-state index is 12.1. The number of benzene rings is 1. The molecule has 3 aromatic rings. The Morgan fingerprint density at radius 1 is 1.32 bits per heavy atom. The summed E-state index contributed by atoms with van der Waals surface area (Å²) in [4.78, 5) is 20.8. The second-order valence-corrected chi connectivity index (χ2v) is 7.00. The fraction of sp³-hybridized carbons (Fsp3) is 0.389. The average Bonchev–Trinajstić information content (AvgIpc) is 3.22. The van der Waals surface area contributed by atoms with Crippen molar-refractivity contribution in [3.63, 3.8) is 0 Å². The summed E-state index contributed by atoms with van der Waals surface area (Å²) < 4.78 is 12.2. The third kappa shape index (κ3) is 4.17. The Balaban J connectivity index is 1.61. The van der Waals surface area contributed by atoms with Crippen LogP contribution in [-0.2, 0) is 6.61 Å². The zero-order valence-corrected chi connectivity index (χ0v) is 15.4. The van der Waals surface area contributed by atoms with Crippen LogP contribution in [0.15, 0.2) is 28.9 Å². The molecule has 7 heteroatoms. The standard InChI is InChI=1S/C18H21N3O3S/c1-4-12(5-2)20-18(22)15-9-24-17(21-15)10-23-13-6-7-16-14(8-13)19-11(3)25-16/h6-9,12H,4-5,10H2,1-3H3,(H,20,22). The van der Waals surface area contributed by atoms with Crippen LogP contribution in [0.1, 0.15) is 48.1 Å². The fourth-order valence-electron chi connectivity index (χ4n) is 2.49. The number of nitrogens with zero attached hydrogens (tertiary/aromatic N) is 2. The Morgan fingerprint density at radius 2 is 2.12 bits per heavy atom. The molecule has 1 amide bonds. The maximum atomic E-state index is 12.1. The van der Waals surface area contributed by atoms with Crippen LogP contribution in [0.5, 0.6) is 5.75 Å². The van der Waals surface area contributed by atoms with E-state index in [1.54, 1.807) is 11.3 Å². The lowest BCUT2D eigenvalue weighted by Gasteiger charge is -2.12. The Kier molecular flexibility index (Phi) is 5.33. The van der Waals surface area contributed by atoms with Gasteiger partial charge in [0.1, 0.15) is 12.0 Å². The molecule has 0 bridgehead atoms. The van der Waals surface area contributed by atoms with Gasteiger partial charge in [-0.3, -0.25) is 4.79 Å². The van der Waals surface area contributed by atoms with Crippen molar-refractivity contribution in [2.45, 2.75) is 46.3 Å². The van der Waals surface area contributed by atoms with E-state index in [4.69, 9.17) is 9.15 Å². The second kappa shape index (κ2) is 7.65. The van der Waals surface area contributed by atoms with Crippen LogP contribution in [0.4, 0.5) is 0 Å². The smallest absolute Gasteiger partial charge is 0.273 e. The lowest BCUT2D eigenvalue weighted by Crippen LogP contribution is -2.34. The van der Waals surface area contributed by atoms with Crippen molar-refractivity contribution in [1.82, 2.24) is 15.3 Å². The molecule has 2 heterocycles. The number of aryl methyl sites for hydroxylation is 1. The third-order valence-electron chi connectivity index (χ3n) is 3.93. The van der Waals surface area contributed by atoms with Gasteiger partial charge in [-0.25, -0.2) is 9.97 Å². The number of amides is 1. The Morgan fingerprint density at radius 3 is 2.88 bits per heavy atom. The molecule has 0 fully saturated rings. The van der Waals surface area contributed by atoms with E-state index in [9.17, 15) is 4.79 Å². The van der Waals surface area contributed by atoms with Gasteiger partial charge in [0, 0.05) is 12.1 Å². The molecule has 0 aliphatic rings. The minimum atomic E-state index is -0.219. The van der Waals surface area contributed by atoms with Crippen LogP contribution in [-0.4, -0.2) is 21.9 Å². The van der Waals surface area contributed by atoms with Crippen molar-refractivity contribution in [2.75, 3.05) is 0 Å². The van der Waals surface area contributed by atoms with Crippen LogP contribution in [0.25, 0.3) is 10.2 Å². The van der Waals surface area contributed by atoms with Gasteiger partial charge in [-0.2, -0.15) is 0 Å². The molecule has 0 spiro atoms. The summed E-state index contributed by atoms with van der Waals surface area (Å²) in [5.41, 5.74) is 1.19. The summed E-state index contributed by atoms with van der Waals surface area (Å²) in [6, 6.07) is 5.92. The fourth-order valence-corrected chi connectivity index (χ4v) is 3.30. The predicted octanol–water partition coefficient (Wildman–Crippen LogP) is 4.09. The Bertz CT molecular complexity index is 867. The first-order chi connectivity index (χ1) is 12.1. The molecule has 0 saturated carbocycles. The lowest BCUT2D eigenvalue weighted by atomic mass is 10.2. The van der Waals surface area contributed by atoms with E-state index in [2.05, 4.69) is 15.3 Å². The van der Waals surface area contributed by atoms with Gasteiger partial charge in [0.25, 0.3) is 5.91 Å². The topological polar surface area (TPSA) is 77.2 Å². The van der Waals surface area contributed by atoms with Crippen LogP contribution < -0.4 is 10.1 Å². The van der Waals surface area contributed by atoms with Crippen molar-refractivity contribution < 1.29 is 13.9 Å². The summed E-state index contributed by atoms with van der Waals surface area (Å²) in [5.74, 6) is 0.839. The van der Waals surface area contributed by atoms with Gasteiger partial charge in [-0.15, -0.1) is 11.3 Å². The number of hydrogen-bond acceptors (Lipinski definition) is 6. The number of fused-ring (bicyclic) bond motifs is 1. The van der Waals surface area contributed by atoms with Crippen molar-refractivity contribution in [3.8, 4) is 5.75 Å². The van der Waals surface area contributed by atoms with E-state index >= 15 is 0 Å². The number of rotatable bonds is 7. The highest BCUT2D eigenvalue weighted by Crippen LogP contribution is 2.25. The number of aromatic nitrogens is 2. The first-order valence-electron chi connectivity index (χ1n) is 8.34. The minimum Gasteiger partial charge on any atom is -0.484 e. The van der Waals surface area contributed by atoms with Crippen LogP contribution >= 0.6 is 11.3 Å². The van der Waals surface area contributed by atoms with Gasteiger partial charge in [-0.1, -0.05) is 13.8 Å². The molecule has 0 radical (unpaired) electrons. The summed E-state index contributed by atoms with van der Waals surface area (Å²) in [5, 5.41) is 3.95. The van der Waals surface area contributed by atoms with Crippen LogP contribution in [0.3, 0.4) is 0 Å². The van der Waals surface area contributed by atoms with Gasteiger partial charge in [0.05, 0.1) is 15.2 Å². The molecule has 0 aliphatic heterocycles. The van der Waals surface area contributed by atoms with E-state index in [1.165, 1.54) is 6.26 Å². The minimum absolute atomic E-state index is 0.150. The summed E-state index contributed by atoms with van der Waals surface area (Å²) in [6.07, 6.45) is 3.13. The highest BCUT2D eigenvalue weighted by atomic mass is 32.1. The van der Waals surface area contributed by atoms with Gasteiger partial charge in [-0.05, 0) is 31.9 Å². The lowest BCUT2D eigenvalue weighted by molar-refractivity contribution is 0.0929. The quantitative estimate of drug-likeness (QED) is 0.687. The Labute approximate surface area is 150 Å².